The number of thiazole rings is 1. The zero-order chi connectivity index (χ0) is 16.1. The minimum atomic E-state index is -1.08. The molecule has 0 spiro atoms. The first kappa shape index (κ1) is 15.6. The maximum Gasteiger partial charge on any atom is 0.235 e. The average Bonchev–Trinajstić information content (AvgIpc) is 2.79. The van der Waals surface area contributed by atoms with Gasteiger partial charge < -0.3 is 5.32 Å². The third kappa shape index (κ3) is 2.59. The number of nitrogens with one attached hydrogen (secondary N) is 1. The van der Waals surface area contributed by atoms with Crippen LogP contribution in [0.5, 0.6) is 0 Å². The van der Waals surface area contributed by atoms with Gasteiger partial charge in [0.15, 0.2) is 5.13 Å². The highest BCUT2D eigenvalue weighted by Gasteiger charge is 2.68. The number of alkyl halides is 2. The second-order valence-corrected chi connectivity index (χ2v) is 7.67. The van der Waals surface area contributed by atoms with E-state index in [1.807, 2.05) is 0 Å². The summed E-state index contributed by atoms with van der Waals surface area (Å²) < 4.78 is 25.8. The summed E-state index contributed by atoms with van der Waals surface area (Å²) in [6.45, 7) is 1.66. The summed E-state index contributed by atoms with van der Waals surface area (Å²) in [4.78, 5) is 16.2. The van der Waals surface area contributed by atoms with Gasteiger partial charge in [-0.2, -0.15) is 0 Å². The van der Waals surface area contributed by atoms with Gasteiger partial charge in [-0.25, -0.2) is 13.8 Å². The van der Waals surface area contributed by atoms with Gasteiger partial charge in [0.2, 0.25) is 5.91 Å². The first-order valence-electron chi connectivity index (χ1n) is 6.33. The third-order valence-corrected chi connectivity index (χ3v) is 5.55. The standard InChI is InChI=1S/C14H10Cl2F2N2OS/c1-13(6-14(13,15)16)11(21)20-12-19-10(5-22-12)8-4-7(17)2-3-9(8)18/h2-5H,6H2,1H3,(H,19,20,21). The average molecular weight is 363 g/mol. The van der Waals surface area contributed by atoms with Crippen LogP contribution in [0.25, 0.3) is 11.3 Å². The van der Waals surface area contributed by atoms with Crippen molar-refractivity contribution in [3.8, 4) is 11.3 Å². The summed E-state index contributed by atoms with van der Waals surface area (Å²) in [5.74, 6) is -1.49. The van der Waals surface area contributed by atoms with Gasteiger partial charge >= 0.3 is 0 Å². The van der Waals surface area contributed by atoms with Gasteiger partial charge in [0.25, 0.3) is 0 Å². The number of amides is 1. The van der Waals surface area contributed by atoms with Gasteiger partial charge in [-0.15, -0.1) is 34.5 Å². The van der Waals surface area contributed by atoms with E-state index in [-0.39, 0.29) is 22.3 Å². The molecule has 1 aromatic carbocycles. The lowest BCUT2D eigenvalue weighted by Gasteiger charge is -2.10. The van der Waals surface area contributed by atoms with E-state index in [0.717, 1.165) is 29.5 Å². The molecule has 116 valence electrons. The van der Waals surface area contributed by atoms with Crippen LogP contribution < -0.4 is 5.32 Å². The Hall–Kier alpha value is -1.24. The first-order chi connectivity index (χ1) is 10.2. The van der Waals surface area contributed by atoms with E-state index in [1.54, 1.807) is 6.92 Å². The highest BCUT2D eigenvalue weighted by Crippen LogP contribution is 2.64. The predicted octanol–water partition coefficient (Wildman–Crippen LogP) is 4.61. The van der Waals surface area contributed by atoms with Crippen LogP contribution in [-0.4, -0.2) is 15.2 Å². The summed E-state index contributed by atoms with van der Waals surface area (Å²) in [5.41, 5.74) is -0.578. The molecular formula is C14H10Cl2F2N2OS. The smallest absolute Gasteiger partial charge is 0.235 e. The van der Waals surface area contributed by atoms with E-state index in [1.165, 1.54) is 5.38 Å². The van der Waals surface area contributed by atoms with Crippen LogP contribution in [0.1, 0.15) is 13.3 Å². The molecule has 3 nitrogen and oxygen atoms in total. The fourth-order valence-electron chi connectivity index (χ4n) is 2.03. The number of hydrogen-bond donors (Lipinski definition) is 1. The highest BCUT2D eigenvalue weighted by atomic mass is 35.5. The number of anilines is 1. The number of nitrogens with zero attached hydrogens (tertiary/aromatic N) is 1. The Morgan fingerprint density at radius 3 is 2.73 bits per heavy atom. The molecule has 0 bridgehead atoms. The molecule has 0 radical (unpaired) electrons. The molecule has 1 N–H and O–H groups in total. The van der Waals surface area contributed by atoms with Crippen molar-refractivity contribution in [3.05, 3.63) is 35.2 Å². The van der Waals surface area contributed by atoms with E-state index in [0.29, 0.717) is 6.42 Å². The zero-order valence-corrected chi connectivity index (χ0v) is 13.6. The van der Waals surface area contributed by atoms with Crippen LogP contribution in [0, 0.1) is 17.0 Å². The molecule has 1 atom stereocenters. The molecule has 1 fully saturated rings. The molecule has 1 amide bonds. The molecule has 3 rings (SSSR count). The molecule has 22 heavy (non-hydrogen) atoms. The Bertz CT molecular complexity index is 765. The Morgan fingerprint density at radius 1 is 1.41 bits per heavy atom. The summed E-state index contributed by atoms with van der Waals surface area (Å²) in [6, 6.07) is 3.12. The molecule has 1 heterocycles. The molecular weight excluding hydrogens is 353 g/mol. The highest BCUT2D eigenvalue weighted by molar-refractivity contribution is 7.14. The third-order valence-electron chi connectivity index (χ3n) is 3.69. The Labute approximate surface area is 139 Å². The second-order valence-electron chi connectivity index (χ2n) is 5.33. The van der Waals surface area contributed by atoms with Crippen molar-refractivity contribution in [2.45, 2.75) is 17.7 Å². The van der Waals surface area contributed by atoms with E-state index < -0.39 is 21.4 Å². The molecule has 1 saturated carbocycles. The lowest BCUT2D eigenvalue weighted by atomic mass is 10.1. The van der Waals surface area contributed by atoms with Crippen molar-refractivity contribution in [2.75, 3.05) is 5.32 Å². The summed E-state index contributed by atoms with van der Waals surface area (Å²) >= 11 is 13.0. The summed E-state index contributed by atoms with van der Waals surface area (Å²) in [5, 5.41) is 4.43. The van der Waals surface area contributed by atoms with Gasteiger partial charge in [0, 0.05) is 10.9 Å². The zero-order valence-electron chi connectivity index (χ0n) is 11.3. The molecule has 1 unspecified atom stereocenters. The molecule has 1 aliphatic carbocycles. The van der Waals surface area contributed by atoms with Crippen molar-refractivity contribution in [1.29, 1.82) is 0 Å². The van der Waals surface area contributed by atoms with Crippen LogP contribution >= 0.6 is 34.5 Å². The van der Waals surface area contributed by atoms with Gasteiger partial charge in [-0.05, 0) is 31.5 Å². The lowest BCUT2D eigenvalue weighted by Crippen LogP contribution is -2.25. The molecule has 1 aliphatic rings. The Balaban J connectivity index is 1.80. The maximum atomic E-state index is 13.7. The van der Waals surface area contributed by atoms with Crippen LogP contribution in [0.2, 0.25) is 0 Å². The van der Waals surface area contributed by atoms with Crippen LogP contribution in [0.4, 0.5) is 13.9 Å². The number of rotatable bonds is 3. The van der Waals surface area contributed by atoms with Crippen LogP contribution in [0.15, 0.2) is 23.6 Å². The number of hydrogen-bond acceptors (Lipinski definition) is 3. The monoisotopic (exact) mass is 362 g/mol. The minimum Gasteiger partial charge on any atom is -0.301 e. The summed E-state index contributed by atoms with van der Waals surface area (Å²) in [6.07, 6.45) is 0.353. The fourth-order valence-corrected chi connectivity index (χ4v) is 3.44. The molecule has 8 heteroatoms. The van der Waals surface area contributed by atoms with Gasteiger partial charge in [0.05, 0.1) is 11.1 Å². The Kier molecular flexibility index (Phi) is 3.66. The lowest BCUT2D eigenvalue weighted by molar-refractivity contribution is -0.120. The van der Waals surface area contributed by atoms with E-state index in [4.69, 9.17) is 23.2 Å². The quantitative estimate of drug-likeness (QED) is 0.810. The molecule has 0 saturated heterocycles. The normalized spacial score (nSPS) is 22.4. The van der Waals surface area contributed by atoms with Gasteiger partial charge in [-0.3, -0.25) is 4.79 Å². The van der Waals surface area contributed by atoms with Crippen molar-refractivity contribution in [2.24, 2.45) is 5.41 Å². The number of benzene rings is 1. The minimum absolute atomic E-state index is 0.0402. The van der Waals surface area contributed by atoms with E-state index in [2.05, 4.69) is 10.3 Å². The number of carbonyl (C=O) groups excluding carboxylic acids is 1. The number of halogens is 4. The van der Waals surface area contributed by atoms with E-state index in [9.17, 15) is 13.6 Å². The second kappa shape index (κ2) is 5.15. The molecule has 2 aromatic rings. The predicted molar refractivity (Wildman–Crippen MR) is 83.3 cm³/mol. The Morgan fingerprint density at radius 2 is 2.09 bits per heavy atom. The van der Waals surface area contributed by atoms with Gasteiger partial charge in [0.1, 0.15) is 16.0 Å². The largest absolute Gasteiger partial charge is 0.301 e. The molecule has 1 aromatic heterocycles. The topological polar surface area (TPSA) is 42.0 Å². The van der Waals surface area contributed by atoms with E-state index >= 15 is 0 Å². The number of aromatic nitrogens is 1. The summed E-state index contributed by atoms with van der Waals surface area (Å²) in [7, 11) is 0. The van der Waals surface area contributed by atoms with Gasteiger partial charge in [-0.1, -0.05) is 0 Å². The van der Waals surface area contributed by atoms with Crippen LogP contribution in [0.3, 0.4) is 0 Å². The van der Waals surface area contributed by atoms with Crippen molar-refractivity contribution < 1.29 is 13.6 Å². The van der Waals surface area contributed by atoms with Crippen LogP contribution in [-0.2, 0) is 4.79 Å². The first-order valence-corrected chi connectivity index (χ1v) is 7.97. The fraction of sp³-hybridized carbons (Fsp3) is 0.286. The SMILES string of the molecule is CC1(C(=O)Nc2nc(-c3cc(F)ccc3F)cs2)CC1(Cl)Cl. The van der Waals surface area contributed by atoms with Crippen molar-refractivity contribution in [3.63, 3.8) is 0 Å². The van der Waals surface area contributed by atoms with Crippen molar-refractivity contribution >= 4 is 45.6 Å². The maximum absolute atomic E-state index is 13.7. The molecule has 0 aliphatic heterocycles. The number of carbonyl (C=O) groups is 1. The van der Waals surface area contributed by atoms with Crippen molar-refractivity contribution in [1.82, 2.24) is 4.98 Å².